The van der Waals surface area contributed by atoms with Gasteiger partial charge < -0.3 is 5.73 Å². The average Bonchev–Trinajstić information content (AvgIpc) is 2.18. The Bertz CT molecular complexity index is 461. The Morgan fingerprint density at radius 3 is 2.71 bits per heavy atom. The molecule has 0 saturated carbocycles. The molecule has 2 rings (SSSR count). The number of pyridine rings is 1. The van der Waals surface area contributed by atoms with Crippen LogP contribution in [0.3, 0.4) is 0 Å². The molecule has 1 heterocycles. The van der Waals surface area contributed by atoms with Crippen LogP contribution in [0.2, 0.25) is 0 Å². The Hall–Kier alpha value is -1.41. The van der Waals surface area contributed by atoms with Gasteiger partial charge in [0.2, 0.25) is 0 Å². The van der Waals surface area contributed by atoms with E-state index in [1.165, 1.54) is 21.9 Å². The maximum atomic E-state index is 5.90. The molecule has 72 valence electrons. The average molecular weight is 186 g/mol. The number of hydrogen-bond donors (Lipinski definition) is 1. The van der Waals surface area contributed by atoms with E-state index >= 15 is 0 Å². The lowest BCUT2D eigenvalue weighted by molar-refractivity contribution is 0.826. The predicted octanol–water partition coefficient (Wildman–Crippen LogP) is 2.56. The Kier molecular flexibility index (Phi) is 2.22. The topological polar surface area (TPSA) is 38.9 Å². The number of rotatable bonds is 1. The highest BCUT2D eigenvalue weighted by molar-refractivity contribution is 5.88. The second-order valence-corrected chi connectivity index (χ2v) is 3.68. The van der Waals surface area contributed by atoms with E-state index in [-0.39, 0.29) is 6.04 Å². The Balaban J connectivity index is 2.82. The largest absolute Gasteiger partial charge is 0.324 e. The molecular formula is C12H14N2. The maximum Gasteiger partial charge on any atom is 0.0349 e. The monoisotopic (exact) mass is 186 g/mol. The number of hydrogen-bond acceptors (Lipinski definition) is 2. The Morgan fingerprint density at radius 1 is 1.21 bits per heavy atom. The fraction of sp³-hybridized carbons (Fsp3) is 0.250. The van der Waals surface area contributed by atoms with Crippen LogP contribution in [0.1, 0.15) is 24.1 Å². The first-order valence-electron chi connectivity index (χ1n) is 4.79. The molecule has 0 aliphatic heterocycles. The molecule has 0 saturated heterocycles. The fourth-order valence-corrected chi connectivity index (χ4v) is 1.76. The summed E-state index contributed by atoms with van der Waals surface area (Å²) in [5, 5.41) is 2.41. The van der Waals surface area contributed by atoms with Gasteiger partial charge in [-0.05, 0) is 36.4 Å². The van der Waals surface area contributed by atoms with E-state index in [2.05, 4.69) is 24.0 Å². The molecule has 0 aliphatic rings. The summed E-state index contributed by atoms with van der Waals surface area (Å²) in [6.07, 6.45) is 3.71. The zero-order valence-corrected chi connectivity index (χ0v) is 8.49. The molecule has 0 bridgehead atoms. The summed E-state index contributed by atoms with van der Waals surface area (Å²) in [5.41, 5.74) is 8.34. The summed E-state index contributed by atoms with van der Waals surface area (Å²) in [6.45, 7) is 4.10. The van der Waals surface area contributed by atoms with Crippen molar-refractivity contribution in [2.45, 2.75) is 19.9 Å². The number of benzene rings is 1. The van der Waals surface area contributed by atoms with E-state index in [4.69, 9.17) is 5.73 Å². The maximum absolute atomic E-state index is 5.90. The minimum atomic E-state index is 0.0577. The first-order chi connectivity index (χ1) is 6.70. The highest BCUT2D eigenvalue weighted by Crippen LogP contribution is 2.24. The third kappa shape index (κ3) is 1.38. The van der Waals surface area contributed by atoms with Crippen LogP contribution < -0.4 is 5.73 Å². The van der Waals surface area contributed by atoms with Gasteiger partial charge in [0.25, 0.3) is 0 Å². The highest BCUT2D eigenvalue weighted by Gasteiger charge is 2.06. The first-order valence-corrected chi connectivity index (χ1v) is 4.79. The van der Waals surface area contributed by atoms with Gasteiger partial charge in [0.15, 0.2) is 0 Å². The summed E-state index contributed by atoms with van der Waals surface area (Å²) >= 11 is 0. The molecule has 0 radical (unpaired) electrons. The molecule has 0 aliphatic carbocycles. The Morgan fingerprint density at radius 2 is 2.00 bits per heavy atom. The lowest BCUT2D eigenvalue weighted by atomic mass is 9.99. The van der Waals surface area contributed by atoms with E-state index in [1.54, 1.807) is 0 Å². The van der Waals surface area contributed by atoms with Gasteiger partial charge in [0.1, 0.15) is 0 Å². The molecule has 2 nitrogen and oxygen atoms in total. The van der Waals surface area contributed by atoms with Crippen molar-refractivity contribution < 1.29 is 0 Å². The van der Waals surface area contributed by atoms with E-state index in [0.29, 0.717) is 0 Å². The van der Waals surface area contributed by atoms with Gasteiger partial charge >= 0.3 is 0 Å². The van der Waals surface area contributed by atoms with Gasteiger partial charge in [-0.3, -0.25) is 4.98 Å². The van der Waals surface area contributed by atoms with Gasteiger partial charge in [-0.1, -0.05) is 12.1 Å². The number of nitrogens with two attached hydrogens (primary N) is 1. The molecule has 1 aromatic carbocycles. The van der Waals surface area contributed by atoms with Gasteiger partial charge in [-0.15, -0.1) is 0 Å². The minimum Gasteiger partial charge on any atom is -0.324 e. The first kappa shape index (κ1) is 9.16. The van der Waals surface area contributed by atoms with Crippen molar-refractivity contribution in [2.24, 2.45) is 5.73 Å². The number of aromatic nitrogens is 1. The summed E-state index contributed by atoms with van der Waals surface area (Å²) in [6, 6.07) is 6.30. The molecular weight excluding hydrogens is 172 g/mol. The van der Waals surface area contributed by atoms with E-state index < -0.39 is 0 Å². The predicted molar refractivity (Wildman–Crippen MR) is 59.1 cm³/mol. The standard InChI is InChI=1S/C12H14N2/c1-8-3-4-11(9(2)13)12-7-14-6-5-10(8)12/h3-7,9H,13H2,1-2H3. The highest BCUT2D eigenvalue weighted by atomic mass is 14.6. The van der Waals surface area contributed by atoms with Crippen molar-refractivity contribution in [3.63, 3.8) is 0 Å². The molecule has 1 unspecified atom stereocenters. The van der Waals surface area contributed by atoms with E-state index in [1.807, 2.05) is 25.4 Å². The minimum absolute atomic E-state index is 0.0577. The number of nitrogens with zero attached hydrogens (tertiary/aromatic N) is 1. The lowest BCUT2D eigenvalue weighted by Gasteiger charge is -2.10. The summed E-state index contributed by atoms with van der Waals surface area (Å²) in [5.74, 6) is 0. The molecule has 2 N–H and O–H groups in total. The zero-order valence-electron chi connectivity index (χ0n) is 8.49. The molecule has 2 heteroatoms. The molecule has 1 aromatic heterocycles. The van der Waals surface area contributed by atoms with Gasteiger partial charge in [0.05, 0.1) is 0 Å². The van der Waals surface area contributed by atoms with Crippen LogP contribution in [0.4, 0.5) is 0 Å². The van der Waals surface area contributed by atoms with Crippen LogP contribution in [0, 0.1) is 6.92 Å². The van der Waals surface area contributed by atoms with Gasteiger partial charge in [0, 0.05) is 23.8 Å². The van der Waals surface area contributed by atoms with Crippen LogP contribution in [-0.2, 0) is 0 Å². The van der Waals surface area contributed by atoms with Crippen LogP contribution in [0.15, 0.2) is 30.6 Å². The van der Waals surface area contributed by atoms with Crippen LogP contribution in [0.25, 0.3) is 10.8 Å². The molecule has 14 heavy (non-hydrogen) atoms. The molecule has 0 spiro atoms. The second kappa shape index (κ2) is 3.39. The fourth-order valence-electron chi connectivity index (χ4n) is 1.76. The van der Waals surface area contributed by atoms with Crippen LogP contribution in [0.5, 0.6) is 0 Å². The quantitative estimate of drug-likeness (QED) is 0.743. The van der Waals surface area contributed by atoms with Crippen molar-refractivity contribution in [1.29, 1.82) is 0 Å². The van der Waals surface area contributed by atoms with Gasteiger partial charge in [-0.2, -0.15) is 0 Å². The van der Waals surface area contributed by atoms with E-state index in [9.17, 15) is 0 Å². The Labute approximate surface area is 83.8 Å². The second-order valence-electron chi connectivity index (χ2n) is 3.68. The normalized spacial score (nSPS) is 13.1. The third-order valence-electron chi connectivity index (χ3n) is 2.56. The molecule has 0 amide bonds. The molecule has 1 atom stereocenters. The summed E-state index contributed by atoms with van der Waals surface area (Å²) in [4.78, 5) is 4.14. The van der Waals surface area contributed by atoms with Crippen molar-refractivity contribution >= 4 is 10.8 Å². The summed E-state index contributed by atoms with van der Waals surface area (Å²) in [7, 11) is 0. The van der Waals surface area contributed by atoms with Crippen molar-refractivity contribution in [2.75, 3.05) is 0 Å². The third-order valence-corrected chi connectivity index (χ3v) is 2.56. The zero-order chi connectivity index (χ0) is 10.1. The molecule has 0 fully saturated rings. The smallest absolute Gasteiger partial charge is 0.0349 e. The SMILES string of the molecule is Cc1ccc(C(C)N)c2cnccc12. The number of aryl methyl sites for hydroxylation is 1. The van der Waals surface area contributed by atoms with Crippen molar-refractivity contribution in [1.82, 2.24) is 4.98 Å². The van der Waals surface area contributed by atoms with Crippen molar-refractivity contribution in [3.05, 3.63) is 41.7 Å². The van der Waals surface area contributed by atoms with Crippen LogP contribution >= 0.6 is 0 Å². The molecule has 2 aromatic rings. The van der Waals surface area contributed by atoms with E-state index in [0.717, 1.165) is 0 Å². The summed E-state index contributed by atoms with van der Waals surface area (Å²) < 4.78 is 0. The lowest BCUT2D eigenvalue weighted by Crippen LogP contribution is -2.05. The van der Waals surface area contributed by atoms with Crippen molar-refractivity contribution in [3.8, 4) is 0 Å². The van der Waals surface area contributed by atoms with Gasteiger partial charge in [-0.25, -0.2) is 0 Å². The van der Waals surface area contributed by atoms with Crippen LogP contribution in [-0.4, -0.2) is 4.98 Å². The number of fused-ring (bicyclic) bond motifs is 1.